The molecule has 0 bridgehead atoms. The molecule has 0 spiro atoms. The predicted octanol–water partition coefficient (Wildman–Crippen LogP) is 4.72. The molecule has 8 nitrogen and oxygen atoms in total. The Balaban J connectivity index is 1.44. The van der Waals surface area contributed by atoms with E-state index in [-0.39, 0.29) is 11.5 Å². The van der Waals surface area contributed by atoms with Crippen molar-refractivity contribution in [1.82, 2.24) is 4.57 Å². The van der Waals surface area contributed by atoms with Gasteiger partial charge < -0.3 is 19.4 Å². The zero-order chi connectivity index (χ0) is 27.8. The van der Waals surface area contributed by atoms with Gasteiger partial charge in [-0.25, -0.2) is 4.99 Å². The number of anilines is 2. The fraction of sp³-hybridized carbons (Fsp3) is 0.207. The second-order valence-electron chi connectivity index (χ2n) is 9.35. The zero-order valence-corrected chi connectivity index (χ0v) is 24.6. The highest BCUT2D eigenvalue weighted by Gasteiger charge is 2.32. The van der Waals surface area contributed by atoms with E-state index in [1.54, 1.807) is 29.7 Å². The lowest BCUT2D eigenvalue weighted by atomic mass is 9.95. The number of carbonyl (C=O) groups excluding carboxylic acids is 1. The molecule has 1 atom stereocenters. The number of thiazole rings is 1. The monoisotopic (exact) mass is 638 g/mol. The SMILES string of the molecule is CC1=C(C(=O)Nc2ccccc2)[C@H](c2ccc(Cl)cc2)n2c(s/c(=C/c3cc(Br)c(N4CCOCC4)o3)c2=O)=N1. The van der Waals surface area contributed by atoms with Crippen LogP contribution in [0.3, 0.4) is 0 Å². The third-order valence-corrected chi connectivity index (χ3v) is 8.55. The summed E-state index contributed by atoms with van der Waals surface area (Å²) < 4.78 is 14.4. The molecule has 4 heterocycles. The number of benzene rings is 2. The molecule has 0 saturated carbocycles. The number of hydrogen-bond donors (Lipinski definition) is 1. The minimum Gasteiger partial charge on any atom is -0.440 e. The molecule has 1 N–H and O–H groups in total. The van der Waals surface area contributed by atoms with Crippen molar-refractivity contribution in [2.75, 3.05) is 36.5 Å². The van der Waals surface area contributed by atoms with E-state index in [4.69, 9.17) is 25.7 Å². The van der Waals surface area contributed by atoms with Crippen LogP contribution in [0, 0.1) is 0 Å². The maximum atomic E-state index is 13.9. The Kier molecular flexibility index (Phi) is 7.50. The Morgan fingerprint density at radius 1 is 1.15 bits per heavy atom. The van der Waals surface area contributed by atoms with E-state index in [1.165, 1.54) is 11.3 Å². The van der Waals surface area contributed by atoms with E-state index in [9.17, 15) is 9.59 Å². The molecule has 1 saturated heterocycles. The lowest BCUT2D eigenvalue weighted by Gasteiger charge is -2.26. The van der Waals surface area contributed by atoms with Crippen molar-refractivity contribution >= 4 is 62.4 Å². The summed E-state index contributed by atoms with van der Waals surface area (Å²) >= 11 is 11.0. The van der Waals surface area contributed by atoms with Crippen molar-refractivity contribution in [3.05, 3.63) is 112 Å². The number of fused-ring (bicyclic) bond motifs is 1. The van der Waals surface area contributed by atoms with Crippen LogP contribution in [0.25, 0.3) is 6.08 Å². The average Bonchev–Trinajstić information content (AvgIpc) is 3.47. The molecule has 11 heteroatoms. The number of furan rings is 1. The Hall–Kier alpha value is -3.44. The number of amides is 1. The molecule has 1 fully saturated rings. The highest BCUT2D eigenvalue weighted by atomic mass is 79.9. The molecule has 0 aliphatic carbocycles. The van der Waals surface area contributed by atoms with E-state index >= 15 is 0 Å². The van der Waals surface area contributed by atoms with Crippen LogP contribution < -0.4 is 25.1 Å². The van der Waals surface area contributed by atoms with Gasteiger partial charge in [0.25, 0.3) is 11.5 Å². The minimum absolute atomic E-state index is 0.262. The van der Waals surface area contributed by atoms with Crippen LogP contribution >= 0.6 is 38.9 Å². The van der Waals surface area contributed by atoms with Gasteiger partial charge in [0, 0.05) is 35.9 Å². The summed E-state index contributed by atoms with van der Waals surface area (Å²) in [7, 11) is 0. The normalized spacial score (nSPS) is 17.5. The molecular formula is C29H24BrClN4O4S. The van der Waals surface area contributed by atoms with Gasteiger partial charge in [0.05, 0.1) is 39.5 Å². The number of halogens is 2. The predicted molar refractivity (Wildman–Crippen MR) is 160 cm³/mol. The van der Waals surface area contributed by atoms with Gasteiger partial charge in [-0.1, -0.05) is 53.3 Å². The Labute approximate surface area is 247 Å². The fourth-order valence-corrected chi connectivity index (χ4v) is 6.56. The molecule has 6 rings (SSSR count). The maximum Gasteiger partial charge on any atom is 0.271 e. The molecular weight excluding hydrogens is 616 g/mol. The first kappa shape index (κ1) is 26.8. The molecule has 0 radical (unpaired) electrons. The second kappa shape index (κ2) is 11.2. The molecule has 204 valence electrons. The molecule has 2 aromatic carbocycles. The van der Waals surface area contributed by atoms with E-state index in [0.29, 0.717) is 56.2 Å². The van der Waals surface area contributed by atoms with Crippen LogP contribution in [0.1, 0.15) is 24.3 Å². The third kappa shape index (κ3) is 5.19. The van der Waals surface area contributed by atoms with Crippen molar-refractivity contribution in [3.8, 4) is 0 Å². The van der Waals surface area contributed by atoms with Crippen molar-refractivity contribution in [1.29, 1.82) is 0 Å². The van der Waals surface area contributed by atoms with E-state index < -0.39 is 6.04 Å². The van der Waals surface area contributed by atoms with Crippen LogP contribution in [0.5, 0.6) is 0 Å². The smallest absolute Gasteiger partial charge is 0.271 e. The molecule has 4 aromatic rings. The molecule has 2 aromatic heterocycles. The summed E-state index contributed by atoms with van der Waals surface area (Å²) in [5, 5.41) is 3.52. The molecule has 1 amide bonds. The van der Waals surface area contributed by atoms with E-state index in [1.807, 2.05) is 48.5 Å². The van der Waals surface area contributed by atoms with Gasteiger partial charge in [-0.05, 0) is 52.7 Å². The number of allylic oxidation sites excluding steroid dienone is 1. The number of rotatable bonds is 5. The maximum absolute atomic E-state index is 13.9. The van der Waals surface area contributed by atoms with E-state index in [0.717, 1.165) is 23.1 Å². The summed E-state index contributed by atoms with van der Waals surface area (Å²) in [5.41, 5.74) is 2.07. The molecule has 40 heavy (non-hydrogen) atoms. The van der Waals surface area contributed by atoms with Gasteiger partial charge in [-0.2, -0.15) is 0 Å². The number of nitrogens with zero attached hydrogens (tertiary/aromatic N) is 3. The number of nitrogens with one attached hydrogen (secondary N) is 1. The van der Waals surface area contributed by atoms with Crippen molar-refractivity contribution < 1.29 is 13.9 Å². The summed E-state index contributed by atoms with van der Waals surface area (Å²) in [6.45, 7) is 4.50. The Morgan fingerprint density at radius 3 is 2.60 bits per heavy atom. The Morgan fingerprint density at radius 2 is 1.88 bits per heavy atom. The zero-order valence-electron chi connectivity index (χ0n) is 21.4. The summed E-state index contributed by atoms with van der Waals surface area (Å²) in [6, 6.07) is 17.5. The van der Waals surface area contributed by atoms with Gasteiger partial charge in [0.2, 0.25) is 5.88 Å². The first-order valence-corrected chi connectivity index (χ1v) is 14.6. The second-order valence-corrected chi connectivity index (χ2v) is 11.7. The highest BCUT2D eigenvalue weighted by molar-refractivity contribution is 9.10. The fourth-order valence-electron chi connectivity index (χ4n) is 4.85. The van der Waals surface area contributed by atoms with Gasteiger partial charge in [-0.15, -0.1) is 0 Å². The quantitative estimate of drug-likeness (QED) is 0.342. The van der Waals surface area contributed by atoms with Crippen LogP contribution in [0.4, 0.5) is 11.6 Å². The number of hydrogen-bond acceptors (Lipinski definition) is 7. The largest absolute Gasteiger partial charge is 0.440 e. The first-order chi connectivity index (χ1) is 19.4. The average molecular weight is 640 g/mol. The highest BCUT2D eigenvalue weighted by Crippen LogP contribution is 2.33. The van der Waals surface area contributed by atoms with Crippen LogP contribution in [-0.4, -0.2) is 36.8 Å². The standard InChI is InChI=1S/C29H24BrClN4O4S/c1-17-24(26(36)33-20-5-3-2-4-6-20)25(18-7-9-19(31)10-8-18)35-27(37)23(40-29(35)32-17)16-21-15-22(30)28(39-21)34-11-13-38-14-12-34/h2-10,15-16,25H,11-14H2,1H3,(H,33,36)/b23-16+/t25-/m0/s1. The van der Waals surface area contributed by atoms with Crippen LogP contribution in [0.15, 0.2) is 90.6 Å². The first-order valence-electron chi connectivity index (χ1n) is 12.7. The number of ether oxygens (including phenoxy) is 1. The summed E-state index contributed by atoms with van der Waals surface area (Å²) in [6.07, 6.45) is 1.72. The molecule has 2 aliphatic heterocycles. The van der Waals surface area contributed by atoms with Gasteiger partial charge in [-0.3, -0.25) is 14.2 Å². The van der Waals surface area contributed by atoms with Crippen LogP contribution in [-0.2, 0) is 9.53 Å². The van der Waals surface area contributed by atoms with Gasteiger partial charge in [0.15, 0.2) is 4.80 Å². The topological polar surface area (TPSA) is 89.1 Å². The number of morpholine rings is 1. The lowest BCUT2D eigenvalue weighted by molar-refractivity contribution is -0.113. The van der Waals surface area contributed by atoms with E-state index in [2.05, 4.69) is 26.1 Å². The van der Waals surface area contributed by atoms with Crippen LogP contribution in [0.2, 0.25) is 5.02 Å². The molecule has 2 aliphatic rings. The third-order valence-electron chi connectivity index (χ3n) is 6.74. The summed E-state index contributed by atoms with van der Waals surface area (Å²) in [4.78, 5) is 34.8. The van der Waals surface area contributed by atoms with Crippen molar-refractivity contribution in [3.63, 3.8) is 0 Å². The molecule has 0 unspecified atom stereocenters. The lowest BCUT2D eigenvalue weighted by Crippen LogP contribution is -2.40. The van der Waals surface area contributed by atoms with Gasteiger partial charge in [0.1, 0.15) is 5.76 Å². The minimum atomic E-state index is -0.688. The number of carbonyl (C=O) groups is 1. The Bertz CT molecular complexity index is 1790. The number of aromatic nitrogens is 1. The van der Waals surface area contributed by atoms with Crippen molar-refractivity contribution in [2.45, 2.75) is 13.0 Å². The van der Waals surface area contributed by atoms with Gasteiger partial charge >= 0.3 is 0 Å². The summed E-state index contributed by atoms with van der Waals surface area (Å²) in [5.74, 6) is 0.920. The van der Waals surface area contributed by atoms with Crippen molar-refractivity contribution in [2.24, 2.45) is 4.99 Å². The number of para-hydroxylation sites is 1.